The fourth-order valence-corrected chi connectivity index (χ4v) is 4.00. The van der Waals surface area contributed by atoms with Gasteiger partial charge >= 0.3 is 0 Å². The lowest BCUT2D eigenvalue weighted by Gasteiger charge is -2.35. The number of rotatable bonds is 3. The van der Waals surface area contributed by atoms with Crippen LogP contribution >= 0.6 is 0 Å². The maximum atomic E-state index is 12.8. The Balaban J connectivity index is 1.41. The molecule has 0 unspecified atom stereocenters. The first-order valence-corrected chi connectivity index (χ1v) is 9.07. The SMILES string of the molecule is C[C@H](N)[C@@H]1CCCN(C(=O)[C@@H]2C[C@@H]2c2ccc3c(c2)OCCO3)C1. The third-order valence-electron chi connectivity index (χ3n) is 5.62. The van der Waals surface area contributed by atoms with Gasteiger partial charge in [-0.15, -0.1) is 0 Å². The number of ether oxygens (including phenoxy) is 2. The van der Waals surface area contributed by atoms with Crippen molar-refractivity contribution in [2.24, 2.45) is 17.6 Å². The molecule has 130 valence electrons. The minimum absolute atomic E-state index is 0.124. The molecule has 0 bridgehead atoms. The zero-order valence-electron chi connectivity index (χ0n) is 14.2. The highest BCUT2D eigenvalue weighted by Gasteiger charge is 2.46. The van der Waals surface area contributed by atoms with E-state index in [9.17, 15) is 4.79 Å². The van der Waals surface area contributed by atoms with Gasteiger partial charge in [-0.2, -0.15) is 0 Å². The Morgan fingerprint density at radius 2 is 2.08 bits per heavy atom. The highest BCUT2D eigenvalue weighted by atomic mass is 16.6. The number of nitrogens with two attached hydrogens (primary N) is 1. The van der Waals surface area contributed by atoms with E-state index in [-0.39, 0.29) is 12.0 Å². The summed E-state index contributed by atoms with van der Waals surface area (Å²) in [5.74, 6) is 2.81. The van der Waals surface area contributed by atoms with Gasteiger partial charge in [0.15, 0.2) is 11.5 Å². The molecule has 5 heteroatoms. The molecule has 2 N–H and O–H groups in total. The molecular formula is C19H26N2O3. The zero-order chi connectivity index (χ0) is 16.7. The quantitative estimate of drug-likeness (QED) is 0.922. The van der Waals surface area contributed by atoms with Crippen molar-refractivity contribution in [2.45, 2.75) is 38.1 Å². The van der Waals surface area contributed by atoms with Gasteiger partial charge in [-0.3, -0.25) is 4.79 Å². The lowest BCUT2D eigenvalue weighted by atomic mass is 9.92. The van der Waals surface area contributed by atoms with E-state index in [4.69, 9.17) is 15.2 Å². The first-order chi connectivity index (χ1) is 11.6. The molecule has 24 heavy (non-hydrogen) atoms. The summed E-state index contributed by atoms with van der Waals surface area (Å²) in [7, 11) is 0. The topological polar surface area (TPSA) is 64.8 Å². The van der Waals surface area contributed by atoms with Gasteiger partial charge in [0.2, 0.25) is 5.91 Å². The Morgan fingerprint density at radius 3 is 2.88 bits per heavy atom. The van der Waals surface area contributed by atoms with Crippen LogP contribution in [0, 0.1) is 11.8 Å². The van der Waals surface area contributed by atoms with E-state index < -0.39 is 0 Å². The maximum Gasteiger partial charge on any atom is 0.226 e. The fraction of sp³-hybridized carbons (Fsp3) is 0.632. The van der Waals surface area contributed by atoms with Crippen LogP contribution in [0.15, 0.2) is 18.2 Å². The average Bonchev–Trinajstić information content (AvgIpc) is 3.41. The number of hydrogen-bond donors (Lipinski definition) is 1. The van der Waals surface area contributed by atoms with E-state index in [1.807, 2.05) is 24.0 Å². The van der Waals surface area contributed by atoms with Crippen LogP contribution < -0.4 is 15.2 Å². The van der Waals surface area contributed by atoms with Gasteiger partial charge in [0.05, 0.1) is 0 Å². The van der Waals surface area contributed by atoms with Crippen molar-refractivity contribution in [3.05, 3.63) is 23.8 Å². The van der Waals surface area contributed by atoms with Gasteiger partial charge < -0.3 is 20.1 Å². The number of benzene rings is 1. The van der Waals surface area contributed by atoms with E-state index in [1.165, 1.54) is 5.56 Å². The molecule has 1 aliphatic carbocycles. The average molecular weight is 330 g/mol. The van der Waals surface area contributed by atoms with E-state index in [0.29, 0.717) is 31.0 Å². The summed E-state index contributed by atoms with van der Waals surface area (Å²) >= 11 is 0. The summed E-state index contributed by atoms with van der Waals surface area (Å²) in [5, 5.41) is 0. The molecule has 1 saturated heterocycles. The van der Waals surface area contributed by atoms with Crippen LogP contribution in [0.25, 0.3) is 0 Å². The van der Waals surface area contributed by atoms with E-state index >= 15 is 0 Å². The van der Waals surface area contributed by atoms with Gasteiger partial charge in [-0.25, -0.2) is 0 Å². The summed E-state index contributed by atoms with van der Waals surface area (Å²) in [5.41, 5.74) is 7.23. The molecule has 2 fully saturated rings. The molecule has 1 aromatic rings. The van der Waals surface area contributed by atoms with Crippen LogP contribution in [0.4, 0.5) is 0 Å². The number of amides is 1. The molecule has 1 amide bonds. The lowest BCUT2D eigenvalue weighted by Crippen LogP contribution is -2.45. The Hall–Kier alpha value is -1.75. The van der Waals surface area contributed by atoms with Crippen molar-refractivity contribution in [1.29, 1.82) is 0 Å². The summed E-state index contributed by atoms with van der Waals surface area (Å²) in [6, 6.07) is 6.25. The summed E-state index contributed by atoms with van der Waals surface area (Å²) in [6.45, 7) is 4.95. The molecule has 0 aromatic heterocycles. The number of carbonyl (C=O) groups is 1. The molecule has 2 heterocycles. The standard InChI is InChI=1S/C19H26N2O3/c1-12(20)14-3-2-6-21(11-14)19(22)16-10-15(16)13-4-5-17-18(9-13)24-8-7-23-17/h4-5,9,12,14-16H,2-3,6-8,10-11,20H2,1H3/t12-,14+,15+,16+/m0/s1. The van der Waals surface area contributed by atoms with Crippen molar-refractivity contribution in [3.63, 3.8) is 0 Å². The minimum atomic E-state index is 0.124. The zero-order valence-corrected chi connectivity index (χ0v) is 14.2. The highest BCUT2D eigenvalue weighted by molar-refractivity contribution is 5.83. The number of nitrogens with zero attached hydrogens (tertiary/aromatic N) is 1. The normalized spacial score (nSPS) is 29.9. The summed E-state index contributed by atoms with van der Waals surface area (Å²) in [4.78, 5) is 14.9. The molecule has 5 nitrogen and oxygen atoms in total. The lowest BCUT2D eigenvalue weighted by molar-refractivity contribution is -0.134. The molecule has 1 saturated carbocycles. The summed E-state index contributed by atoms with van der Waals surface area (Å²) < 4.78 is 11.2. The highest BCUT2D eigenvalue weighted by Crippen LogP contribution is 2.50. The number of carbonyl (C=O) groups excluding carboxylic acids is 1. The second kappa shape index (κ2) is 6.28. The van der Waals surface area contributed by atoms with Crippen molar-refractivity contribution in [1.82, 2.24) is 4.90 Å². The predicted molar refractivity (Wildman–Crippen MR) is 91.2 cm³/mol. The number of piperidine rings is 1. The molecule has 0 spiro atoms. The van der Waals surface area contributed by atoms with E-state index in [1.54, 1.807) is 0 Å². The molecule has 2 aliphatic heterocycles. The molecule has 4 atom stereocenters. The third kappa shape index (κ3) is 2.97. The van der Waals surface area contributed by atoms with Gasteiger partial charge in [-0.05, 0) is 55.7 Å². The maximum absolute atomic E-state index is 12.8. The van der Waals surface area contributed by atoms with Gasteiger partial charge in [0, 0.05) is 25.0 Å². The summed E-state index contributed by atoms with van der Waals surface area (Å²) in [6.07, 6.45) is 3.15. The monoisotopic (exact) mass is 330 g/mol. The van der Waals surface area contributed by atoms with Crippen molar-refractivity contribution >= 4 is 5.91 Å². The van der Waals surface area contributed by atoms with Crippen LogP contribution in [0.2, 0.25) is 0 Å². The van der Waals surface area contributed by atoms with Gasteiger partial charge in [-0.1, -0.05) is 6.07 Å². The van der Waals surface area contributed by atoms with Crippen LogP contribution in [0.5, 0.6) is 11.5 Å². The van der Waals surface area contributed by atoms with Gasteiger partial charge in [0.25, 0.3) is 0 Å². The number of fused-ring (bicyclic) bond motifs is 1. The molecule has 1 aromatic carbocycles. The molecular weight excluding hydrogens is 304 g/mol. The number of likely N-dealkylation sites (tertiary alicyclic amines) is 1. The Kier molecular flexibility index (Phi) is 4.12. The van der Waals surface area contributed by atoms with Crippen LogP contribution in [0.3, 0.4) is 0 Å². The van der Waals surface area contributed by atoms with Crippen molar-refractivity contribution in [2.75, 3.05) is 26.3 Å². The first-order valence-electron chi connectivity index (χ1n) is 9.07. The van der Waals surface area contributed by atoms with E-state index in [2.05, 4.69) is 6.07 Å². The van der Waals surface area contributed by atoms with Crippen molar-refractivity contribution in [3.8, 4) is 11.5 Å². The Labute approximate surface area is 143 Å². The minimum Gasteiger partial charge on any atom is -0.486 e. The second-order valence-corrected chi connectivity index (χ2v) is 7.40. The largest absolute Gasteiger partial charge is 0.486 e. The van der Waals surface area contributed by atoms with Crippen LogP contribution in [-0.4, -0.2) is 43.2 Å². The van der Waals surface area contributed by atoms with Gasteiger partial charge in [0.1, 0.15) is 13.2 Å². The van der Waals surface area contributed by atoms with E-state index in [0.717, 1.165) is 43.9 Å². The second-order valence-electron chi connectivity index (χ2n) is 7.40. The molecule has 0 radical (unpaired) electrons. The third-order valence-corrected chi connectivity index (χ3v) is 5.62. The first kappa shape index (κ1) is 15.8. The Morgan fingerprint density at radius 1 is 1.29 bits per heavy atom. The molecule has 3 aliphatic rings. The molecule has 4 rings (SSSR count). The predicted octanol–water partition coefficient (Wildman–Crippen LogP) is 2.15. The van der Waals surface area contributed by atoms with Crippen molar-refractivity contribution < 1.29 is 14.3 Å². The number of hydrogen-bond acceptors (Lipinski definition) is 4. The fourth-order valence-electron chi connectivity index (χ4n) is 4.00. The smallest absolute Gasteiger partial charge is 0.226 e. The Bertz CT molecular complexity index is 631. The van der Waals surface area contributed by atoms with Crippen LogP contribution in [-0.2, 0) is 4.79 Å². The van der Waals surface area contributed by atoms with Crippen LogP contribution in [0.1, 0.15) is 37.7 Å².